The lowest BCUT2D eigenvalue weighted by Gasteiger charge is -2.29. The van der Waals surface area contributed by atoms with Crippen molar-refractivity contribution < 1.29 is 14.3 Å². The fourth-order valence-electron chi connectivity index (χ4n) is 2.22. The van der Waals surface area contributed by atoms with Crippen LogP contribution in [-0.2, 0) is 9.53 Å². The smallest absolute Gasteiger partial charge is 0.251 e. The van der Waals surface area contributed by atoms with Crippen molar-refractivity contribution in [2.75, 3.05) is 25.0 Å². The van der Waals surface area contributed by atoms with E-state index in [2.05, 4.69) is 22.5 Å². The topological polar surface area (TPSA) is 79.5 Å². The van der Waals surface area contributed by atoms with Crippen LogP contribution in [-0.4, -0.2) is 43.7 Å². The van der Waals surface area contributed by atoms with Crippen LogP contribution in [0.25, 0.3) is 0 Å². The Morgan fingerprint density at radius 1 is 1.41 bits per heavy atom. The first-order chi connectivity index (χ1) is 10.6. The molecule has 0 spiro atoms. The van der Waals surface area contributed by atoms with Gasteiger partial charge >= 0.3 is 0 Å². The van der Waals surface area contributed by atoms with Gasteiger partial charge in [-0.2, -0.15) is 0 Å². The zero-order valence-electron chi connectivity index (χ0n) is 12.6. The number of carbonyl (C=O) groups excluding carboxylic acids is 2. The van der Waals surface area contributed by atoms with E-state index in [1.165, 1.54) is 0 Å². The molecule has 2 rings (SSSR count). The number of morpholine rings is 1. The lowest BCUT2D eigenvalue weighted by molar-refractivity contribution is -0.123. The van der Waals surface area contributed by atoms with E-state index in [-0.39, 0.29) is 24.0 Å². The molecule has 0 radical (unpaired) electrons. The van der Waals surface area contributed by atoms with Crippen LogP contribution in [0.1, 0.15) is 17.3 Å². The predicted molar refractivity (Wildman–Crippen MR) is 84.8 cm³/mol. The summed E-state index contributed by atoms with van der Waals surface area (Å²) in [5.41, 5.74) is 1.18. The lowest BCUT2D eigenvalue weighted by atomic mass is 10.1. The van der Waals surface area contributed by atoms with E-state index in [4.69, 9.17) is 4.74 Å². The van der Waals surface area contributed by atoms with Crippen LogP contribution < -0.4 is 16.0 Å². The molecule has 1 aliphatic heterocycles. The molecule has 6 nitrogen and oxygen atoms in total. The highest BCUT2D eigenvalue weighted by Gasteiger charge is 2.28. The lowest BCUT2D eigenvalue weighted by Crippen LogP contribution is -2.53. The monoisotopic (exact) mass is 303 g/mol. The van der Waals surface area contributed by atoms with Gasteiger partial charge in [-0.1, -0.05) is 6.08 Å². The van der Waals surface area contributed by atoms with Crippen LogP contribution in [0.3, 0.4) is 0 Å². The standard InChI is InChI=1S/C16H21N3O3/c1-3-8-18-15(20)12-4-6-13(7-5-12)19-16(21)14-11(2)22-10-9-17-14/h3-7,11,14,17H,1,8-10H2,2H3,(H,18,20)(H,19,21)/t11-,14+/m1/s1. The fraction of sp³-hybridized carbons (Fsp3) is 0.375. The van der Waals surface area contributed by atoms with E-state index in [0.29, 0.717) is 30.9 Å². The van der Waals surface area contributed by atoms with Gasteiger partial charge in [-0.3, -0.25) is 9.59 Å². The average Bonchev–Trinajstić information content (AvgIpc) is 2.53. The molecule has 1 aromatic rings. The first-order valence-corrected chi connectivity index (χ1v) is 7.27. The Morgan fingerprint density at radius 3 is 2.77 bits per heavy atom. The van der Waals surface area contributed by atoms with Gasteiger partial charge in [-0.25, -0.2) is 0 Å². The van der Waals surface area contributed by atoms with Crippen molar-refractivity contribution in [1.29, 1.82) is 0 Å². The van der Waals surface area contributed by atoms with Gasteiger partial charge in [-0.05, 0) is 31.2 Å². The minimum absolute atomic E-state index is 0.143. The molecule has 0 bridgehead atoms. The summed E-state index contributed by atoms with van der Waals surface area (Å²) in [6.45, 7) is 7.10. The molecule has 22 heavy (non-hydrogen) atoms. The number of nitrogens with one attached hydrogen (secondary N) is 3. The second-order valence-electron chi connectivity index (χ2n) is 5.07. The Labute approximate surface area is 129 Å². The second kappa shape index (κ2) is 7.72. The molecule has 1 saturated heterocycles. The number of carbonyl (C=O) groups is 2. The van der Waals surface area contributed by atoms with E-state index in [1.54, 1.807) is 30.3 Å². The van der Waals surface area contributed by atoms with Crippen molar-refractivity contribution >= 4 is 17.5 Å². The van der Waals surface area contributed by atoms with Gasteiger partial charge in [0.1, 0.15) is 6.04 Å². The van der Waals surface area contributed by atoms with Crippen molar-refractivity contribution in [3.63, 3.8) is 0 Å². The Morgan fingerprint density at radius 2 is 2.14 bits per heavy atom. The largest absolute Gasteiger partial charge is 0.375 e. The van der Waals surface area contributed by atoms with E-state index < -0.39 is 0 Å². The van der Waals surface area contributed by atoms with Crippen LogP contribution >= 0.6 is 0 Å². The van der Waals surface area contributed by atoms with E-state index in [1.807, 2.05) is 6.92 Å². The number of hydrogen-bond acceptors (Lipinski definition) is 4. The summed E-state index contributed by atoms with van der Waals surface area (Å²) >= 11 is 0. The maximum Gasteiger partial charge on any atom is 0.251 e. The Kier molecular flexibility index (Phi) is 5.68. The highest BCUT2D eigenvalue weighted by Crippen LogP contribution is 2.12. The number of rotatable bonds is 5. The molecule has 1 aromatic carbocycles. The van der Waals surface area contributed by atoms with E-state index >= 15 is 0 Å². The quantitative estimate of drug-likeness (QED) is 0.707. The van der Waals surface area contributed by atoms with Gasteiger partial charge in [0.25, 0.3) is 5.91 Å². The van der Waals surface area contributed by atoms with Crippen LogP contribution in [0.4, 0.5) is 5.69 Å². The average molecular weight is 303 g/mol. The minimum atomic E-state index is -0.371. The molecule has 6 heteroatoms. The molecule has 3 N–H and O–H groups in total. The van der Waals surface area contributed by atoms with Crippen molar-refractivity contribution in [1.82, 2.24) is 10.6 Å². The maximum absolute atomic E-state index is 12.2. The summed E-state index contributed by atoms with van der Waals surface area (Å²) in [6.07, 6.45) is 1.45. The molecule has 0 unspecified atom stereocenters. The Hall–Kier alpha value is -2.18. The van der Waals surface area contributed by atoms with Crippen molar-refractivity contribution in [2.24, 2.45) is 0 Å². The Balaban J connectivity index is 1.94. The minimum Gasteiger partial charge on any atom is -0.375 e. The number of ether oxygens (including phenoxy) is 1. The molecule has 1 aliphatic rings. The summed E-state index contributed by atoms with van der Waals surface area (Å²) in [4.78, 5) is 23.9. The highest BCUT2D eigenvalue weighted by atomic mass is 16.5. The molecule has 0 aromatic heterocycles. The summed E-state index contributed by atoms with van der Waals surface area (Å²) < 4.78 is 5.45. The number of hydrogen-bond donors (Lipinski definition) is 3. The van der Waals surface area contributed by atoms with Gasteiger partial charge in [0.15, 0.2) is 0 Å². The molecule has 2 amide bonds. The summed E-state index contributed by atoms with van der Waals surface area (Å²) in [6, 6.07) is 6.37. The molecule has 118 valence electrons. The molecule has 1 heterocycles. The van der Waals surface area contributed by atoms with E-state index in [9.17, 15) is 9.59 Å². The third kappa shape index (κ3) is 4.16. The molecular formula is C16H21N3O3. The number of benzene rings is 1. The molecular weight excluding hydrogens is 282 g/mol. The van der Waals surface area contributed by atoms with E-state index in [0.717, 1.165) is 0 Å². The van der Waals surface area contributed by atoms with Crippen LogP contribution in [0.15, 0.2) is 36.9 Å². The zero-order chi connectivity index (χ0) is 15.9. The Bertz CT molecular complexity index is 542. The van der Waals surface area contributed by atoms with Gasteiger partial charge in [-0.15, -0.1) is 6.58 Å². The van der Waals surface area contributed by atoms with Gasteiger partial charge < -0.3 is 20.7 Å². The van der Waals surface area contributed by atoms with Crippen LogP contribution in [0.5, 0.6) is 0 Å². The van der Waals surface area contributed by atoms with Gasteiger partial charge in [0.05, 0.1) is 12.7 Å². The highest BCUT2D eigenvalue weighted by molar-refractivity contribution is 5.97. The molecule has 0 aliphatic carbocycles. The zero-order valence-corrected chi connectivity index (χ0v) is 12.6. The maximum atomic E-state index is 12.2. The summed E-state index contributed by atoms with van der Waals surface area (Å²) in [7, 11) is 0. The molecule has 2 atom stereocenters. The summed E-state index contributed by atoms with van der Waals surface area (Å²) in [5, 5.41) is 8.65. The normalized spacial score (nSPS) is 21.0. The molecule has 1 fully saturated rings. The second-order valence-corrected chi connectivity index (χ2v) is 5.07. The first kappa shape index (κ1) is 16.2. The fourth-order valence-corrected chi connectivity index (χ4v) is 2.22. The third-order valence-corrected chi connectivity index (χ3v) is 3.42. The number of amides is 2. The van der Waals surface area contributed by atoms with Crippen molar-refractivity contribution in [3.8, 4) is 0 Å². The van der Waals surface area contributed by atoms with Gasteiger partial charge in [0, 0.05) is 24.3 Å². The van der Waals surface area contributed by atoms with Crippen LogP contribution in [0, 0.1) is 0 Å². The first-order valence-electron chi connectivity index (χ1n) is 7.27. The van der Waals surface area contributed by atoms with Crippen LogP contribution in [0.2, 0.25) is 0 Å². The predicted octanol–water partition coefficient (Wildman–Crippen LogP) is 0.918. The van der Waals surface area contributed by atoms with Crippen molar-refractivity contribution in [3.05, 3.63) is 42.5 Å². The SMILES string of the molecule is C=CCNC(=O)c1ccc(NC(=O)[C@H]2NCCO[C@@H]2C)cc1. The van der Waals surface area contributed by atoms with Crippen molar-refractivity contribution in [2.45, 2.75) is 19.1 Å². The third-order valence-electron chi connectivity index (χ3n) is 3.42. The molecule has 0 saturated carbocycles. The summed E-state index contributed by atoms with van der Waals surface area (Å²) in [5.74, 6) is -0.315. The number of anilines is 1. The van der Waals surface area contributed by atoms with Gasteiger partial charge in [0.2, 0.25) is 5.91 Å².